The summed E-state index contributed by atoms with van der Waals surface area (Å²) < 4.78 is 22.2. The highest BCUT2D eigenvalue weighted by atomic mass is 35.5. The molecular weight excluding hydrogens is 511 g/mol. The molecule has 200 valence electrons. The van der Waals surface area contributed by atoms with Gasteiger partial charge in [-0.3, -0.25) is 9.13 Å². The van der Waals surface area contributed by atoms with Crippen LogP contribution in [0.15, 0.2) is 53.7 Å². The van der Waals surface area contributed by atoms with Crippen molar-refractivity contribution in [2.45, 2.75) is 37.8 Å². The van der Waals surface area contributed by atoms with Crippen LogP contribution in [0, 0.1) is 5.82 Å². The Bertz CT molecular complexity index is 1440. The van der Waals surface area contributed by atoms with E-state index in [1.165, 1.54) is 48.0 Å². The monoisotopic (exact) mass is 540 g/mol. The summed E-state index contributed by atoms with van der Waals surface area (Å²) in [6.07, 6.45) is 7.03. The van der Waals surface area contributed by atoms with Crippen LogP contribution in [0.1, 0.15) is 31.7 Å². The lowest BCUT2D eigenvalue weighted by molar-refractivity contribution is 0.113. The van der Waals surface area contributed by atoms with Crippen LogP contribution < -0.4 is 21.5 Å². The molecule has 0 spiro atoms. The van der Waals surface area contributed by atoms with Gasteiger partial charge in [0.05, 0.1) is 11.9 Å². The van der Waals surface area contributed by atoms with Crippen LogP contribution in [-0.2, 0) is 0 Å². The van der Waals surface area contributed by atoms with Gasteiger partial charge < -0.3 is 20.7 Å². The Morgan fingerprint density at radius 3 is 2.37 bits per heavy atom. The Kier molecular flexibility index (Phi) is 7.59. The summed E-state index contributed by atoms with van der Waals surface area (Å²) in [7, 11) is 0. The van der Waals surface area contributed by atoms with Gasteiger partial charge >= 0.3 is 5.69 Å². The summed E-state index contributed by atoms with van der Waals surface area (Å²) in [5.74, 6) is 0.674. The first kappa shape index (κ1) is 26.1. The zero-order chi connectivity index (χ0) is 25.4. The van der Waals surface area contributed by atoms with E-state index >= 15 is 0 Å². The predicted octanol–water partition coefficient (Wildman–Crippen LogP) is 3.30. The molecule has 2 aliphatic rings. The second kappa shape index (κ2) is 11.1. The molecule has 3 aromatic heterocycles. The fourth-order valence-electron chi connectivity index (χ4n) is 5.51. The summed E-state index contributed by atoms with van der Waals surface area (Å²) in [6.45, 7) is 4.03. The van der Waals surface area contributed by atoms with E-state index in [1.54, 1.807) is 22.9 Å². The second-order valence-electron chi connectivity index (χ2n) is 9.58. The topological polar surface area (TPSA) is 116 Å². The number of nitrogen functional groups attached to an aromatic ring is 1. The normalized spacial score (nSPS) is 17.4. The molecule has 0 bridgehead atoms. The summed E-state index contributed by atoms with van der Waals surface area (Å²) in [4.78, 5) is 29.4. The number of fused-ring (bicyclic) bond motifs is 1. The van der Waals surface area contributed by atoms with Gasteiger partial charge in [-0.25, -0.2) is 24.1 Å². The molecule has 12 heteroatoms. The lowest BCUT2D eigenvalue weighted by Gasteiger charge is -2.39. The average Bonchev–Trinajstić information content (AvgIpc) is 3.24. The molecule has 2 aliphatic heterocycles. The van der Waals surface area contributed by atoms with Crippen molar-refractivity contribution >= 4 is 29.4 Å². The Balaban J connectivity index is 0.00000294. The lowest BCUT2D eigenvalue weighted by Crippen LogP contribution is -2.47. The van der Waals surface area contributed by atoms with Crippen molar-refractivity contribution in [2.24, 2.45) is 0 Å². The molecule has 2 saturated heterocycles. The third-order valence-electron chi connectivity index (χ3n) is 7.38. The van der Waals surface area contributed by atoms with Gasteiger partial charge in [0.15, 0.2) is 11.5 Å². The number of piperidine rings is 2. The van der Waals surface area contributed by atoms with E-state index in [1.807, 2.05) is 0 Å². The number of imidazole rings is 1. The van der Waals surface area contributed by atoms with E-state index in [0.717, 1.165) is 39.0 Å². The van der Waals surface area contributed by atoms with Crippen LogP contribution in [0.3, 0.4) is 0 Å². The fourth-order valence-corrected chi connectivity index (χ4v) is 5.51. The molecule has 10 nitrogen and oxygen atoms in total. The molecule has 0 unspecified atom stereocenters. The molecule has 0 aliphatic carbocycles. The highest BCUT2D eigenvalue weighted by molar-refractivity contribution is 5.85. The van der Waals surface area contributed by atoms with Crippen molar-refractivity contribution in [1.29, 1.82) is 0 Å². The molecule has 2 fully saturated rings. The lowest BCUT2D eigenvalue weighted by atomic mass is 9.98. The SMILES string of the molecule is Cl.Nc1ncnc2c1n(-c1ccc(Oc3ccc(F)cc3)nc1)c(=O)n2C1CCN(C2CCNCC2)CC1. The molecule has 38 heavy (non-hydrogen) atoms. The third-order valence-corrected chi connectivity index (χ3v) is 7.38. The first-order valence-electron chi connectivity index (χ1n) is 12.7. The molecule has 0 amide bonds. The number of ether oxygens (including phenoxy) is 1. The molecule has 6 rings (SSSR count). The first-order valence-corrected chi connectivity index (χ1v) is 12.7. The molecule has 0 saturated carbocycles. The van der Waals surface area contributed by atoms with Crippen molar-refractivity contribution in [3.63, 3.8) is 0 Å². The number of benzene rings is 1. The number of nitrogens with zero attached hydrogens (tertiary/aromatic N) is 6. The van der Waals surface area contributed by atoms with Crippen molar-refractivity contribution in [3.05, 3.63) is 65.2 Å². The van der Waals surface area contributed by atoms with E-state index in [9.17, 15) is 9.18 Å². The molecule has 3 N–H and O–H groups in total. The summed E-state index contributed by atoms with van der Waals surface area (Å²) >= 11 is 0. The van der Waals surface area contributed by atoms with E-state index in [2.05, 4.69) is 25.2 Å². The number of hydrogen-bond donors (Lipinski definition) is 2. The van der Waals surface area contributed by atoms with Gasteiger partial charge in [-0.2, -0.15) is 0 Å². The van der Waals surface area contributed by atoms with E-state index < -0.39 is 0 Å². The van der Waals surface area contributed by atoms with Crippen molar-refractivity contribution in [3.8, 4) is 17.3 Å². The highest BCUT2D eigenvalue weighted by Crippen LogP contribution is 2.30. The van der Waals surface area contributed by atoms with Gasteiger partial charge in [0, 0.05) is 31.2 Å². The number of anilines is 1. The quantitative estimate of drug-likeness (QED) is 0.396. The van der Waals surface area contributed by atoms with Crippen LogP contribution in [0.4, 0.5) is 10.2 Å². The van der Waals surface area contributed by atoms with Crippen LogP contribution >= 0.6 is 12.4 Å². The number of nitrogens with one attached hydrogen (secondary N) is 1. The van der Waals surface area contributed by atoms with Gasteiger partial charge in [0.25, 0.3) is 0 Å². The predicted molar refractivity (Wildman–Crippen MR) is 145 cm³/mol. The first-order chi connectivity index (χ1) is 18.1. The summed E-state index contributed by atoms with van der Waals surface area (Å²) in [5.41, 5.74) is 7.59. The van der Waals surface area contributed by atoms with Crippen molar-refractivity contribution < 1.29 is 9.13 Å². The van der Waals surface area contributed by atoms with Gasteiger partial charge in [0.2, 0.25) is 5.88 Å². The van der Waals surface area contributed by atoms with Crippen LogP contribution in [0.5, 0.6) is 11.6 Å². The summed E-state index contributed by atoms with van der Waals surface area (Å²) in [6, 6.07) is 9.72. The number of aromatic nitrogens is 5. The number of halogens is 2. The van der Waals surface area contributed by atoms with Crippen molar-refractivity contribution in [1.82, 2.24) is 34.3 Å². The summed E-state index contributed by atoms with van der Waals surface area (Å²) in [5, 5.41) is 3.43. The molecule has 0 atom stereocenters. The minimum Gasteiger partial charge on any atom is -0.439 e. The minimum absolute atomic E-state index is 0. The van der Waals surface area contributed by atoms with Crippen LogP contribution in [-0.4, -0.2) is 61.2 Å². The van der Waals surface area contributed by atoms with Crippen LogP contribution in [0.25, 0.3) is 16.9 Å². The number of pyridine rings is 1. The molecule has 1 aromatic carbocycles. The number of likely N-dealkylation sites (tertiary alicyclic amines) is 1. The Morgan fingerprint density at radius 1 is 0.947 bits per heavy atom. The molecule has 0 radical (unpaired) electrons. The Labute approximate surface area is 225 Å². The van der Waals surface area contributed by atoms with Gasteiger partial charge in [-0.15, -0.1) is 12.4 Å². The third kappa shape index (κ3) is 4.96. The van der Waals surface area contributed by atoms with Crippen molar-refractivity contribution in [2.75, 3.05) is 31.9 Å². The highest BCUT2D eigenvalue weighted by Gasteiger charge is 2.30. The maximum Gasteiger partial charge on any atom is 0.335 e. The number of hydrogen-bond acceptors (Lipinski definition) is 8. The van der Waals surface area contributed by atoms with Gasteiger partial charge in [-0.1, -0.05) is 0 Å². The fraction of sp³-hybridized carbons (Fsp3) is 0.385. The Hall–Kier alpha value is -3.54. The van der Waals surface area contributed by atoms with E-state index in [0.29, 0.717) is 34.5 Å². The standard InChI is InChI=1S/C26H29FN8O2.ClH/c27-17-1-4-21(5-2-17)37-22-6-3-20(15-30-22)34-23-24(28)31-16-32-25(23)35(26(34)36)19-9-13-33(14-10-19)18-7-11-29-12-8-18;/h1-6,15-16,18-19,29H,7-14H2,(H2,28,31,32);1H. The smallest absolute Gasteiger partial charge is 0.335 e. The van der Waals surface area contributed by atoms with Gasteiger partial charge in [-0.05, 0) is 69.1 Å². The maximum atomic E-state index is 13.8. The number of rotatable bonds is 5. The second-order valence-corrected chi connectivity index (χ2v) is 9.58. The average molecular weight is 541 g/mol. The zero-order valence-electron chi connectivity index (χ0n) is 20.8. The molecule has 5 heterocycles. The number of nitrogens with two attached hydrogens (primary N) is 1. The largest absolute Gasteiger partial charge is 0.439 e. The van der Waals surface area contributed by atoms with Gasteiger partial charge in [0.1, 0.15) is 23.4 Å². The van der Waals surface area contributed by atoms with E-state index in [-0.39, 0.29) is 35.8 Å². The Morgan fingerprint density at radius 2 is 1.68 bits per heavy atom. The maximum absolute atomic E-state index is 13.8. The van der Waals surface area contributed by atoms with Crippen LogP contribution in [0.2, 0.25) is 0 Å². The zero-order valence-corrected chi connectivity index (χ0v) is 21.6. The molecule has 4 aromatic rings. The minimum atomic E-state index is -0.344. The van der Waals surface area contributed by atoms with E-state index in [4.69, 9.17) is 10.5 Å². The molecular formula is C26H30ClFN8O2.